The second-order valence-electron chi connectivity index (χ2n) is 16.6. The number of ether oxygens (including phenoxy) is 1. The fourth-order valence-corrected chi connectivity index (χ4v) is 7.84. The molecule has 0 saturated carbocycles. The second-order valence-corrected chi connectivity index (χ2v) is 16.6. The molecule has 6 nitrogen and oxygen atoms in total. The summed E-state index contributed by atoms with van der Waals surface area (Å²) in [5.74, 6) is 4.61. The Morgan fingerprint density at radius 1 is 0.611 bits per heavy atom. The van der Waals surface area contributed by atoms with Crippen molar-refractivity contribution in [3.63, 3.8) is 0 Å². The fraction of sp³-hybridized carbons (Fsp3) is 0.292. The summed E-state index contributed by atoms with van der Waals surface area (Å²) in [6.07, 6.45) is 3.83. The number of aromatic nitrogens is 3. The summed E-state index contributed by atoms with van der Waals surface area (Å²) >= 11 is 0. The molecule has 0 atom stereocenters. The van der Waals surface area contributed by atoms with Crippen LogP contribution in [0.15, 0.2) is 116 Å². The molecule has 0 fully saturated rings. The predicted molar refractivity (Wildman–Crippen MR) is 226 cm³/mol. The number of nitrogens with zero attached hydrogens (tertiary/aromatic N) is 5. The quantitative estimate of drug-likeness (QED) is 0.157. The average Bonchev–Trinajstić information content (AvgIpc) is 3.70. The maximum Gasteiger partial charge on any atom is 0.158 e. The lowest BCUT2D eigenvalue weighted by Crippen LogP contribution is -2.26. The van der Waals surface area contributed by atoms with Crippen LogP contribution in [0.3, 0.4) is 0 Å². The number of anilines is 4. The van der Waals surface area contributed by atoms with E-state index in [9.17, 15) is 0 Å². The molecular formula is C48H51N5O. The molecule has 1 aliphatic heterocycles. The first-order chi connectivity index (χ1) is 25.9. The van der Waals surface area contributed by atoms with E-state index in [1.165, 1.54) is 38.7 Å². The Balaban J connectivity index is 1.17. The minimum atomic E-state index is 0.00447. The number of fused-ring (bicyclic) bond motifs is 4. The molecule has 7 aromatic rings. The summed E-state index contributed by atoms with van der Waals surface area (Å²) in [5, 5.41) is 2.36. The van der Waals surface area contributed by atoms with E-state index in [-0.39, 0.29) is 5.41 Å². The van der Waals surface area contributed by atoms with Crippen molar-refractivity contribution in [3.05, 3.63) is 138 Å². The zero-order valence-corrected chi connectivity index (χ0v) is 33.1. The average molecular weight is 714 g/mol. The smallest absolute Gasteiger partial charge is 0.158 e. The Labute approximate surface area is 320 Å². The van der Waals surface area contributed by atoms with Gasteiger partial charge in [-0.1, -0.05) is 98.7 Å². The van der Waals surface area contributed by atoms with Gasteiger partial charge in [-0.2, -0.15) is 0 Å². The highest BCUT2D eigenvalue weighted by atomic mass is 16.5. The Bertz CT molecular complexity index is 2470. The van der Waals surface area contributed by atoms with Gasteiger partial charge in [-0.25, -0.2) is 9.97 Å². The molecule has 1 aliphatic rings. The van der Waals surface area contributed by atoms with E-state index in [1.54, 1.807) is 0 Å². The molecular weight excluding hydrogens is 663 g/mol. The number of benzene rings is 4. The molecule has 0 radical (unpaired) electrons. The topological polar surface area (TPSA) is 46.4 Å². The van der Waals surface area contributed by atoms with Gasteiger partial charge in [0.15, 0.2) is 5.82 Å². The molecule has 0 bridgehead atoms. The molecule has 0 aliphatic carbocycles. The number of hydrogen-bond donors (Lipinski definition) is 0. The fourth-order valence-electron chi connectivity index (χ4n) is 7.84. The zero-order valence-electron chi connectivity index (χ0n) is 33.1. The summed E-state index contributed by atoms with van der Waals surface area (Å²) in [5.41, 5.74) is 11.0. The minimum absolute atomic E-state index is 0.00447. The van der Waals surface area contributed by atoms with Gasteiger partial charge in [-0.15, -0.1) is 0 Å². The maximum atomic E-state index is 6.70. The van der Waals surface area contributed by atoms with Crippen molar-refractivity contribution in [1.29, 1.82) is 0 Å². The number of pyridine rings is 2. The number of rotatable bonds is 8. The van der Waals surface area contributed by atoms with Gasteiger partial charge in [0.05, 0.1) is 22.4 Å². The molecule has 0 amide bonds. The summed E-state index contributed by atoms with van der Waals surface area (Å²) in [6, 6.07) is 36.7. The highest BCUT2D eigenvalue weighted by molar-refractivity contribution is 6.09. The van der Waals surface area contributed by atoms with Crippen LogP contribution in [0.5, 0.6) is 11.5 Å². The van der Waals surface area contributed by atoms with E-state index >= 15 is 0 Å². The van der Waals surface area contributed by atoms with Crippen LogP contribution in [-0.2, 0) is 5.41 Å². The monoisotopic (exact) mass is 713 g/mol. The van der Waals surface area contributed by atoms with Crippen LogP contribution in [0, 0.1) is 0 Å². The van der Waals surface area contributed by atoms with Gasteiger partial charge < -0.3 is 14.5 Å². The van der Waals surface area contributed by atoms with Crippen molar-refractivity contribution in [2.45, 2.75) is 85.5 Å². The van der Waals surface area contributed by atoms with Crippen LogP contribution < -0.4 is 14.5 Å². The number of hydrogen-bond acceptors (Lipinski definition) is 5. The van der Waals surface area contributed by atoms with Gasteiger partial charge in [0.2, 0.25) is 0 Å². The molecule has 0 N–H and O–H groups in total. The maximum absolute atomic E-state index is 6.70. The van der Waals surface area contributed by atoms with Crippen molar-refractivity contribution >= 4 is 44.7 Å². The molecule has 4 aromatic carbocycles. The Hall–Kier alpha value is -5.62. The first-order valence-corrected chi connectivity index (χ1v) is 19.3. The summed E-state index contributed by atoms with van der Waals surface area (Å²) in [6.45, 7) is 21.2. The highest BCUT2D eigenvalue weighted by Crippen LogP contribution is 2.48. The lowest BCUT2D eigenvalue weighted by Gasteiger charge is -2.30. The van der Waals surface area contributed by atoms with Gasteiger partial charge in [-0.3, -0.25) is 4.57 Å². The normalized spacial score (nSPS) is 13.3. The molecule has 8 rings (SSSR count). The van der Waals surface area contributed by atoms with Crippen LogP contribution in [0.2, 0.25) is 0 Å². The SMILES string of the molecule is CC(C)c1cc(C(C)C)c(N2CN(c3cccc(Oc4ccc5c6ccccc6n(-c6cc(C(C)(C)C)ccn6)c5c4)c3)c3cccnc32)c(C(C)C)c1. The molecule has 0 unspecified atom stereocenters. The second kappa shape index (κ2) is 13.7. The Morgan fingerprint density at radius 2 is 1.33 bits per heavy atom. The highest BCUT2D eigenvalue weighted by Gasteiger charge is 2.33. The molecule has 6 heteroatoms. The van der Waals surface area contributed by atoms with E-state index in [4.69, 9.17) is 14.7 Å². The van der Waals surface area contributed by atoms with E-state index in [1.807, 2.05) is 24.5 Å². The van der Waals surface area contributed by atoms with Crippen LogP contribution in [0.1, 0.15) is 102 Å². The van der Waals surface area contributed by atoms with E-state index in [2.05, 4.69) is 168 Å². The van der Waals surface area contributed by atoms with Crippen molar-refractivity contribution < 1.29 is 4.74 Å². The third-order valence-electron chi connectivity index (χ3n) is 10.8. The van der Waals surface area contributed by atoms with Crippen LogP contribution in [-0.4, -0.2) is 21.2 Å². The predicted octanol–water partition coefficient (Wildman–Crippen LogP) is 13.3. The van der Waals surface area contributed by atoms with Crippen molar-refractivity contribution in [3.8, 4) is 17.3 Å². The van der Waals surface area contributed by atoms with Gasteiger partial charge in [0, 0.05) is 41.0 Å². The van der Waals surface area contributed by atoms with E-state index in [0.717, 1.165) is 45.5 Å². The molecule has 4 heterocycles. The van der Waals surface area contributed by atoms with Crippen molar-refractivity contribution in [2.75, 3.05) is 16.5 Å². The Morgan fingerprint density at radius 3 is 2.06 bits per heavy atom. The zero-order chi connectivity index (χ0) is 37.9. The summed E-state index contributed by atoms with van der Waals surface area (Å²) in [4.78, 5) is 14.6. The third-order valence-corrected chi connectivity index (χ3v) is 10.8. The summed E-state index contributed by atoms with van der Waals surface area (Å²) < 4.78 is 8.96. The van der Waals surface area contributed by atoms with Gasteiger partial charge in [0.25, 0.3) is 0 Å². The largest absolute Gasteiger partial charge is 0.457 e. The van der Waals surface area contributed by atoms with Crippen molar-refractivity contribution in [1.82, 2.24) is 14.5 Å². The van der Waals surface area contributed by atoms with Crippen molar-refractivity contribution in [2.24, 2.45) is 0 Å². The molecule has 3 aromatic heterocycles. The van der Waals surface area contributed by atoms with Crippen LogP contribution in [0.25, 0.3) is 27.6 Å². The Kier molecular flexibility index (Phi) is 8.96. The molecule has 54 heavy (non-hydrogen) atoms. The minimum Gasteiger partial charge on any atom is -0.457 e. The van der Waals surface area contributed by atoms with Gasteiger partial charge in [0.1, 0.15) is 24.0 Å². The standard InChI is InChI=1S/C48H51N5O/c1-30(2)33-24-40(31(3)4)46(41(25-33)32(5)6)52-29-51(43-18-13-22-50-47(43)52)35-14-12-15-36(27-35)54-37-19-20-39-38-16-10-11-17-42(38)53(44(39)28-37)45-26-34(21-23-49-45)48(7,8)9/h10-28,30-32H,29H2,1-9H3. The van der Waals surface area contributed by atoms with Crippen LogP contribution in [0.4, 0.5) is 22.9 Å². The lowest BCUT2D eigenvalue weighted by molar-refractivity contribution is 0.483. The summed E-state index contributed by atoms with van der Waals surface area (Å²) in [7, 11) is 0. The third kappa shape index (κ3) is 6.27. The van der Waals surface area contributed by atoms with Gasteiger partial charge in [-0.05, 0) is 100 Å². The molecule has 274 valence electrons. The van der Waals surface area contributed by atoms with E-state index in [0.29, 0.717) is 24.4 Å². The first-order valence-electron chi connectivity index (χ1n) is 19.3. The number of para-hydroxylation sites is 1. The lowest BCUT2D eigenvalue weighted by atomic mass is 9.87. The van der Waals surface area contributed by atoms with Gasteiger partial charge >= 0.3 is 0 Å². The van der Waals surface area contributed by atoms with E-state index < -0.39 is 0 Å². The molecule has 0 saturated heterocycles. The first kappa shape index (κ1) is 35.4. The molecule has 0 spiro atoms. The van der Waals surface area contributed by atoms with Crippen LogP contribution >= 0.6 is 0 Å².